The summed E-state index contributed by atoms with van der Waals surface area (Å²) in [4.78, 5) is 4.24. The third-order valence-electron chi connectivity index (χ3n) is 4.19. The molecule has 0 radical (unpaired) electrons. The second-order valence-electron chi connectivity index (χ2n) is 5.92. The van der Waals surface area contributed by atoms with E-state index >= 15 is 0 Å². The van der Waals surface area contributed by atoms with Crippen molar-refractivity contribution in [3.8, 4) is 34.4 Å². The lowest BCUT2D eigenvalue weighted by molar-refractivity contribution is 0.353. The van der Waals surface area contributed by atoms with Crippen molar-refractivity contribution < 1.29 is 31.9 Å². The molecular formula is C19H21N3O7S. The third-order valence-corrected chi connectivity index (χ3v) is 5.59. The van der Waals surface area contributed by atoms with Gasteiger partial charge in [-0.1, -0.05) is 5.16 Å². The van der Waals surface area contributed by atoms with Crippen LogP contribution in [0.2, 0.25) is 0 Å². The molecule has 1 N–H and O–H groups in total. The average Bonchev–Trinajstić information content (AvgIpc) is 3.25. The summed E-state index contributed by atoms with van der Waals surface area (Å²) in [6, 6.07) is 9.43. The minimum absolute atomic E-state index is 0.0137. The summed E-state index contributed by atoms with van der Waals surface area (Å²) in [5.41, 5.74) is 0.630. The molecule has 11 heteroatoms. The first-order valence-electron chi connectivity index (χ1n) is 8.68. The molecule has 0 aliphatic carbocycles. The maximum Gasteiger partial charge on any atom is 0.242 e. The average molecular weight is 435 g/mol. The SMILES string of the molecule is COc1ccc(-c2noc(CNS(=O)(=O)c3ccc(OC)c(OC)c3)n2)cc1OC. The van der Waals surface area contributed by atoms with Crippen LogP contribution < -0.4 is 23.7 Å². The quantitative estimate of drug-likeness (QED) is 0.539. The number of aromatic nitrogens is 2. The van der Waals surface area contributed by atoms with E-state index in [4.69, 9.17) is 23.5 Å². The van der Waals surface area contributed by atoms with Gasteiger partial charge < -0.3 is 23.5 Å². The monoisotopic (exact) mass is 435 g/mol. The molecule has 0 spiro atoms. The van der Waals surface area contributed by atoms with Gasteiger partial charge in [-0.25, -0.2) is 13.1 Å². The Morgan fingerprint density at radius 2 is 1.47 bits per heavy atom. The molecule has 0 aliphatic rings. The maximum atomic E-state index is 12.6. The van der Waals surface area contributed by atoms with Crippen LogP contribution in [0, 0.1) is 0 Å². The molecule has 10 nitrogen and oxygen atoms in total. The van der Waals surface area contributed by atoms with E-state index in [2.05, 4.69) is 14.9 Å². The Morgan fingerprint density at radius 1 is 0.867 bits per heavy atom. The van der Waals surface area contributed by atoms with E-state index in [-0.39, 0.29) is 23.2 Å². The zero-order chi connectivity index (χ0) is 21.7. The fraction of sp³-hybridized carbons (Fsp3) is 0.263. The first-order valence-corrected chi connectivity index (χ1v) is 10.2. The summed E-state index contributed by atoms with van der Waals surface area (Å²) in [5, 5.41) is 3.89. The van der Waals surface area contributed by atoms with E-state index in [9.17, 15) is 8.42 Å². The molecule has 30 heavy (non-hydrogen) atoms. The van der Waals surface area contributed by atoms with E-state index in [1.807, 2.05) is 0 Å². The lowest BCUT2D eigenvalue weighted by atomic mass is 10.2. The van der Waals surface area contributed by atoms with Gasteiger partial charge in [-0.2, -0.15) is 4.98 Å². The molecule has 0 amide bonds. The first kappa shape index (κ1) is 21.4. The summed E-state index contributed by atoms with van der Waals surface area (Å²) in [6.07, 6.45) is 0. The number of benzene rings is 2. The van der Waals surface area contributed by atoms with Crippen molar-refractivity contribution in [2.75, 3.05) is 28.4 Å². The van der Waals surface area contributed by atoms with Gasteiger partial charge in [0.2, 0.25) is 21.7 Å². The van der Waals surface area contributed by atoms with Crippen LogP contribution in [0.3, 0.4) is 0 Å². The molecule has 3 rings (SSSR count). The first-order chi connectivity index (χ1) is 14.4. The molecule has 0 aliphatic heterocycles. The molecule has 160 valence electrons. The van der Waals surface area contributed by atoms with Crippen molar-refractivity contribution in [1.29, 1.82) is 0 Å². The van der Waals surface area contributed by atoms with Gasteiger partial charge in [0.15, 0.2) is 23.0 Å². The molecule has 3 aromatic rings. The predicted molar refractivity (Wildman–Crippen MR) is 106 cm³/mol. The topological polar surface area (TPSA) is 122 Å². The summed E-state index contributed by atoms with van der Waals surface area (Å²) in [6.45, 7) is -0.184. The summed E-state index contributed by atoms with van der Waals surface area (Å²) >= 11 is 0. The van der Waals surface area contributed by atoms with Gasteiger partial charge in [0.1, 0.15) is 0 Å². The van der Waals surface area contributed by atoms with E-state index in [1.54, 1.807) is 18.2 Å². The van der Waals surface area contributed by atoms with Crippen LogP contribution in [0.15, 0.2) is 45.8 Å². The Hall–Kier alpha value is -3.31. The normalized spacial score (nSPS) is 11.2. The number of hydrogen-bond donors (Lipinski definition) is 1. The number of sulfonamides is 1. The maximum absolute atomic E-state index is 12.6. The second kappa shape index (κ2) is 9.01. The van der Waals surface area contributed by atoms with Crippen molar-refractivity contribution in [2.45, 2.75) is 11.4 Å². The summed E-state index contributed by atoms with van der Waals surface area (Å²) in [7, 11) is 2.11. The Bertz CT molecular complexity index is 1130. The van der Waals surface area contributed by atoms with Crippen LogP contribution in [-0.4, -0.2) is 47.0 Å². The molecule has 1 heterocycles. The van der Waals surface area contributed by atoms with E-state index in [0.29, 0.717) is 28.6 Å². The zero-order valence-electron chi connectivity index (χ0n) is 16.8. The van der Waals surface area contributed by atoms with Crippen molar-refractivity contribution in [2.24, 2.45) is 0 Å². The van der Waals surface area contributed by atoms with Gasteiger partial charge in [-0.15, -0.1) is 0 Å². The predicted octanol–water partition coefficient (Wildman–Crippen LogP) is 2.25. The molecule has 0 saturated carbocycles. The molecule has 0 saturated heterocycles. The lowest BCUT2D eigenvalue weighted by Gasteiger charge is -2.10. The van der Waals surface area contributed by atoms with E-state index < -0.39 is 10.0 Å². The molecule has 2 aromatic carbocycles. The standard InChI is InChI=1S/C19H21N3O7S/c1-25-14-7-5-12(9-16(14)27-3)19-21-18(29-22-19)11-20-30(23,24)13-6-8-15(26-2)17(10-13)28-4/h5-10,20H,11H2,1-4H3. The van der Waals surface area contributed by atoms with Gasteiger partial charge in [-0.05, 0) is 30.3 Å². The molecule has 0 atom stereocenters. The van der Waals surface area contributed by atoms with Crippen molar-refractivity contribution in [3.63, 3.8) is 0 Å². The van der Waals surface area contributed by atoms with Crippen LogP contribution >= 0.6 is 0 Å². The van der Waals surface area contributed by atoms with Gasteiger partial charge in [0, 0.05) is 11.6 Å². The lowest BCUT2D eigenvalue weighted by Crippen LogP contribution is -2.23. The smallest absolute Gasteiger partial charge is 0.242 e. The molecule has 0 fully saturated rings. The Morgan fingerprint density at radius 3 is 2.10 bits per heavy atom. The number of nitrogens with one attached hydrogen (secondary N) is 1. The molecular weight excluding hydrogens is 414 g/mol. The van der Waals surface area contributed by atoms with Crippen LogP contribution in [0.5, 0.6) is 23.0 Å². The molecule has 0 bridgehead atoms. The fourth-order valence-corrected chi connectivity index (χ4v) is 3.63. The number of methoxy groups -OCH3 is 4. The van der Waals surface area contributed by atoms with Crippen LogP contribution in [0.25, 0.3) is 11.4 Å². The number of nitrogens with zero attached hydrogens (tertiary/aromatic N) is 2. The molecule has 1 aromatic heterocycles. The van der Waals surface area contributed by atoms with Crippen LogP contribution in [0.1, 0.15) is 5.89 Å². The van der Waals surface area contributed by atoms with Gasteiger partial charge in [0.25, 0.3) is 0 Å². The highest BCUT2D eigenvalue weighted by atomic mass is 32.2. The van der Waals surface area contributed by atoms with E-state index in [0.717, 1.165) is 0 Å². The highest BCUT2D eigenvalue weighted by Gasteiger charge is 2.19. The van der Waals surface area contributed by atoms with Crippen molar-refractivity contribution >= 4 is 10.0 Å². The highest BCUT2D eigenvalue weighted by molar-refractivity contribution is 7.89. The fourth-order valence-electron chi connectivity index (χ4n) is 2.64. The largest absolute Gasteiger partial charge is 0.493 e. The zero-order valence-corrected chi connectivity index (χ0v) is 17.6. The summed E-state index contributed by atoms with van der Waals surface area (Å²) < 4.78 is 53.5. The minimum Gasteiger partial charge on any atom is -0.493 e. The Labute approximate surface area is 173 Å². The number of rotatable bonds is 9. The van der Waals surface area contributed by atoms with Crippen molar-refractivity contribution in [1.82, 2.24) is 14.9 Å². The second-order valence-corrected chi connectivity index (χ2v) is 7.69. The van der Waals surface area contributed by atoms with Gasteiger partial charge in [0.05, 0.1) is 39.9 Å². The Kier molecular flexibility index (Phi) is 6.43. The van der Waals surface area contributed by atoms with Crippen molar-refractivity contribution in [3.05, 3.63) is 42.3 Å². The van der Waals surface area contributed by atoms with Crippen LogP contribution in [0.4, 0.5) is 0 Å². The van der Waals surface area contributed by atoms with E-state index in [1.165, 1.54) is 46.6 Å². The third kappa shape index (κ3) is 4.47. The Balaban J connectivity index is 1.75. The number of ether oxygens (including phenoxy) is 4. The summed E-state index contributed by atoms with van der Waals surface area (Å²) in [5.74, 6) is 2.19. The van der Waals surface area contributed by atoms with Gasteiger partial charge in [-0.3, -0.25) is 0 Å². The minimum atomic E-state index is -3.84. The molecule has 0 unspecified atom stereocenters. The van der Waals surface area contributed by atoms with Crippen LogP contribution in [-0.2, 0) is 16.6 Å². The number of hydrogen-bond acceptors (Lipinski definition) is 9. The van der Waals surface area contributed by atoms with Gasteiger partial charge >= 0.3 is 0 Å². The highest BCUT2D eigenvalue weighted by Crippen LogP contribution is 2.31.